The van der Waals surface area contributed by atoms with Gasteiger partial charge >= 0.3 is 0 Å². The molecule has 1 aromatic carbocycles. The molecule has 4 rings (SSSR count). The minimum absolute atomic E-state index is 0.609. The molecule has 0 unspecified atom stereocenters. The zero-order valence-corrected chi connectivity index (χ0v) is 14.4. The lowest BCUT2D eigenvalue weighted by Crippen LogP contribution is -2.05. The Hall–Kier alpha value is -3.06. The molecule has 0 radical (unpaired) electrons. The normalized spacial score (nSPS) is 10.8. The van der Waals surface area contributed by atoms with E-state index in [1.165, 1.54) is 0 Å². The molecule has 0 saturated heterocycles. The number of nitrogens with one attached hydrogen (secondary N) is 1. The van der Waals surface area contributed by atoms with Crippen LogP contribution in [-0.2, 0) is 6.54 Å². The molecule has 4 aromatic rings. The second kappa shape index (κ2) is 6.82. The van der Waals surface area contributed by atoms with Gasteiger partial charge in [-0.25, -0.2) is 9.67 Å². The van der Waals surface area contributed by atoms with Crippen LogP contribution >= 0.6 is 11.3 Å². The van der Waals surface area contributed by atoms with E-state index in [1.807, 2.05) is 49.5 Å². The van der Waals surface area contributed by atoms with Crippen LogP contribution < -0.4 is 5.32 Å². The summed E-state index contributed by atoms with van der Waals surface area (Å²) >= 11 is 1.64. The van der Waals surface area contributed by atoms with Gasteiger partial charge in [0.1, 0.15) is 10.8 Å². The van der Waals surface area contributed by atoms with Crippen molar-refractivity contribution < 1.29 is 0 Å². The minimum Gasteiger partial charge on any atom is -0.363 e. The number of hydrogen-bond donors (Lipinski definition) is 1. The Balaban J connectivity index is 1.41. The molecule has 0 spiro atoms. The zero-order chi connectivity index (χ0) is 17.1. The molecule has 124 valence electrons. The molecule has 0 fully saturated rings. The van der Waals surface area contributed by atoms with Crippen LogP contribution in [-0.4, -0.2) is 25.0 Å². The SMILES string of the molecule is Cc1ccn(-c2ccc(NCc3csc(-c4ccccc4)n3)nn2)n1. The molecule has 6 nitrogen and oxygen atoms in total. The zero-order valence-electron chi connectivity index (χ0n) is 13.6. The molecule has 25 heavy (non-hydrogen) atoms. The maximum atomic E-state index is 4.66. The van der Waals surface area contributed by atoms with Gasteiger partial charge in [0.2, 0.25) is 0 Å². The second-order valence-corrected chi connectivity index (χ2v) is 6.40. The first kappa shape index (κ1) is 15.5. The fourth-order valence-corrected chi connectivity index (χ4v) is 3.19. The van der Waals surface area contributed by atoms with E-state index < -0.39 is 0 Å². The summed E-state index contributed by atoms with van der Waals surface area (Å²) < 4.78 is 1.71. The topological polar surface area (TPSA) is 68.5 Å². The van der Waals surface area contributed by atoms with E-state index in [2.05, 4.69) is 43.1 Å². The van der Waals surface area contributed by atoms with Crippen molar-refractivity contribution in [2.24, 2.45) is 0 Å². The first-order valence-electron chi connectivity index (χ1n) is 7.88. The highest BCUT2D eigenvalue weighted by molar-refractivity contribution is 7.13. The maximum absolute atomic E-state index is 4.66. The number of aryl methyl sites for hydroxylation is 1. The molecule has 0 bridgehead atoms. The third kappa shape index (κ3) is 3.56. The number of nitrogens with zero attached hydrogens (tertiary/aromatic N) is 5. The van der Waals surface area contributed by atoms with E-state index in [-0.39, 0.29) is 0 Å². The van der Waals surface area contributed by atoms with Crippen molar-refractivity contribution >= 4 is 17.2 Å². The molecular weight excluding hydrogens is 332 g/mol. The van der Waals surface area contributed by atoms with Crippen LogP contribution in [0.25, 0.3) is 16.4 Å². The minimum atomic E-state index is 0.609. The lowest BCUT2D eigenvalue weighted by atomic mass is 10.2. The fraction of sp³-hybridized carbons (Fsp3) is 0.111. The highest BCUT2D eigenvalue weighted by Crippen LogP contribution is 2.23. The standard InChI is InChI=1S/C18H16N6S/c1-13-9-10-24(23-13)17-8-7-16(21-22-17)19-11-15-12-25-18(20-15)14-5-3-2-4-6-14/h2-10,12H,11H2,1H3,(H,19,21). The van der Waals surface area contributed by atoms with Gasteiger partial charge in [-0.05, 0) is 25.1 Å². The number of rotatable bonds is 5. The van der Waals surface area contributed by atoms with Crippen molar-refractivity contribution in [3.8, 4) is 16.4 Å². The predicted octanol–water partition coefficient (Wildman–Crippen LogP) is 3.71. The maximum Gasteiger partial charge on any atom is 0.175 e. The van der Waals surface area contributed by atoms with Crippen molar-refractivity contribution in [2.75, 3.05) is 5.32 Å². The third-order valence-electron chi connectivity index (χ3n) is 3.63. The van der Waals surface area contributed by atoms with Gasteiger partial charge in [0.25, 0.3) is 0 Å². The first-order valence-corrected chi connectivity index (χ1v) is 8.76. The second-order valence-electron chi connectivity index (χ2n) is 5.54. The van der Waals surface area contributed by atoms with Crippen LogP contribution in [0.1, 0.15) is 11.4 Å². The van der Waals surface area contributed by atoms with E-state index in [4.69, 9.17) is 0 Å². The summed E-state index contributed by atoms with van der Waals surface area (Å²) in [6, 6.07) is 15.9. The molecule has 1 N–H and O–H groups in total. The molecule has 0 amide bonds. The van der Waals surface area contributed by atoms with Crippen LogP contribution in [0.5, 0.6) is 0 Å². The summed E-state index contributed by atoms with van der Waals surface area (Å²) in [5.74, 6) is 1.40. The van der Waals surface area contributed by atoms with Crippen molar-refractivity contribution in [1.82, 2.24) is 25.0 Å². The molecule has 3 heterocycles. The number of anilines is 1. The first-order chi connectivity index (χ1) is 12.3. The Labute approximate surface area is 149 Å². The van der Waals surface area contributed by atoms with Crippen molar-refractivity contribution in [1.29, 1.82) is 0 Å². The van der Waals surface area contributed by atoms with Gasteiger partial charge in [-0.15, -0.1) is 21.5 Å². The molecule has 0 aliphatic heterocycles. The largest absolute Gasteiger partial charge is 0.363 e. The highest BCUT2D eigenvalue weighted by Gasteiger charge is 2.05. The van der Waals surface area contributed by atoms with Gasteiger partial charge in [-0.2, -0.15) is 5.10 Å². The van der Waals surface area contributed by atoms with Gasteiger partial charge in [0.15, 0.2) is 5.82 Å². The molecular formula is C18H16N6S. The van der Waals surface area contributed by atoms with Gasteiger partial charge in [-0.3, -0.25) is 0 Å². The summed E-state index contributed by atoms with van der Waals surface area (Å²) in [5.41, 5.74) is 3.07. The van der Waals surface area contributed by atoms with Crippen molar-refractivity contribution in [3.63, 3.8) is 0 Å². The monoisotopic (exact) mass is 348 g/mol. The highest BCUT2D eigenvalue weighted by atomic mass is 32.1. The van der Waals surface area contributed by atoms with Crippen LogP contribution in [0.3, 0.4) is 0 Å². The van der Waals surface area contributed by atoms with Crippen LogP contribution in [0.2, 0.25) is 0 Å². The van der Waals surface area contributed by atoms with E-state index in [9.17, 15) is 0 Å². The fourth-order valence-electron chi connectivity index (χ4n) is 2.37. The molecule has 7 heteroatoms. The van der Waals surface area contributed by atoms with Gasteiger partial charge < -0.3 is 5.32 Å². The smallest absolute Gasteiger partial charge is 0.175 e. The predicted molar refractivity (Wildman–Crippen MR) is 98.8 cm³/mol. The summed E-state index contributed by atoms with van der Waals surface area (Å²) in [5, 5.41) is 19.0. The summed E-state index contributed by atoms with van der Waals surface area (Å²) in [6.07, 6.45) is 1.87. The van der Waals surface area contributed by atoms with Crippen molar-refractivity contribution in [2.45, 2.75) is 13.5 Å². The summed E-state index contributed by atoms with van der Waals surface area (Å²) in [6.45, 7) is 2.55. The van der Waals surface area contributed by atoms with E-state index >= 15 is 0 Å². The Morgan fingerprint density at radius 2 is 1.92 bits per heavy atom. The molecule has 0 aliphatic carbocycles. The lowest BCUT2D eigenvalue weighted by Gasteiger charge is -2.04. The van der Waals surface area contributed by atoms with E-state index in [0.29, 0.717) is 18.2 Å². The van der Waals surface area contributed by atoms with E-state index in [1.54, 1.807) is 16.0 Å². The lowest BCUT2D eigenvalue weighted by molar-refractivity contribution is 0.803. The molecule has 0 saturated carbocycles. The van der Waals surface area contributed by atoms with Gasteiger partial charge in [-0.1, -0.05) is 30.3 Å². The molecule has 3 aromatic heterocycles. The Morgan fingerprint density at radius 1 is 1.04 bits per heavy atom. The van der Waals surface area contributed by atoms with Crippen molar-refractivity contribution in [3.05, 3.63) is 71.5 Å². The third-order valence-corrected chi connectivity index (χ3v) is 4.57. The summed E-state index contributed by atoms with van der Waals surface area (Å²) in [4.78, 5) is 4.66. The van der Waals surface area contributed by atoms with E-state index in [0.717, 1.165) is 22.0 Å². The van der Waals surface area contributed by atoms with Gasteiger partial charge in [0, 0.05) is 17.1 Å². The Bertz CT molecular complexity index is 959. The number of hydrogen-bond acceptors (Lipinski definition) is 6. The average Bonchev–Trinajstić information content (AvgIpc) is 3.30. The summed E-state index contributed by atoms with van der Waals surface area (Å²) in [7, 11) is 0. The number of thiazole rings is 1. The van der Waals surface area contributed by atoms with Crippen LogP contribution in [0.4, 0.5) is 5.82 Å². The molecule has 0 aliphatic rings. The van der Waals surface area contributed by atoms with Gasteiger partial charge in [0.05, 0.1) is 17.9 Å². The van der Waals surface area contributed by atoms with Crippen LogP contribution in [0, 0.1) is 6.92 Å². The Kier molecular flexibility index (Phi) is 4.22. The Morgan fingerprint density at radius 3 is 2.64 bits per heavy atom. The van der Waals surface area contributed by atoms with Crippen LogP contribution in [0.15, 0.2) is 60.1 Å². The quantitative estimate of drug-likeness (QED) is 0.595. The molecule has 0 atom stereocenters. The number of benzene rings is 1. The number of aromatic nitrogens is 5. The average molecular weight is 348 g/mol.